The number of aromatic amines is 1. The summed E-state index contributed by atoms with van der Waals surface area (Å²) in [4.78, 5) is 4.52. The third-order valence-corrected chi connectivity index (χ3v) is 5.43. The molecule has 0 aliphatic carbocycles. The molecule has 0 amide bonds. The van der Waals surface area contributed by atoms with Crippen LogP contribution in [0.4, 0.5) is 0 Å². The minimum absolute atomic E-state index is 0.250. The lowest BCUT2D eigenvalue weighted by Gasteiger charge is -2.15. The van der Waals surface area contributed by atoms with E-state index >= 15 is 0 Å². The van der Waals surface area contributed by atoms with Gasteiger partial charge in [-0.15, -0.1) is 11.7 Å². The van der Waals surface area contributed by atoms with E-state index in [1.54, 1.807) is 11.7 Å². The molecule has 1 unspecified atom stereocenters. The van der Waals surface area contributed by atoms with E-state index in [2.05, 4.69) is 67.6 Å². The fraction of sp³-hybridized carbons (Fsp3) is 0.217. The molecule has 8 heteroatoms. The van der Waals surface area contributed by atoms with Crippen molar-refractivity contribution in [2.75, 3.05) is 0 Å². The molecule has 4 aromatic rings. The standard InChI is InChI=1S/C23H23N7S/c1-2-3-6-19(13-14-31)23-24-16-25-30(23)15-17-9-11-18(12-10-17)20-7-4-5-8-21(20)22-26-28-29-27-22/h2,4-5,7-12,14,16,19H,1,3,6,13,15H2,(H,26,27,28,29). The number of nitrogens with zero attached hydrogens (tertiary/aromatic N) is 6. The molecular formula is C23H23N7S. The van der Waals surface area contributed by atoms with Crippen LogP contribution in [0.1, 0.15) is 36.6 Å². The van der Waals surface area contributed by atoms with Crippen molar-refractivity contribution in [3.63, 3.8) is 0 Å². The molecule has 2 heterocycles. The maximum absolute atomic E-state index is 5.10. The van der Waals surface area contributed by atoms with Crippen molar-refractivity contribution in [2.45, 2.75) is 31.7 Å². The summed E-state index contributed by atoms with van der Waals surface area (Å²) in [7, 11) is 0. The molecule has 0 saturated carbocycles. The van der Waals surface area contributed by atoms with Crippen molar-refractivity contribution in [1.29, 1.82) is 0 Å². The minimum atomic E-state index is 0.250. The van der Waals surface area contributed by atoms with Crippen LogP contribution in [0.2, 0.25) is 0 Å². The number of benzene rings is 2. The highest BCUT2D eigenvalue weighted by molar-refractivity contribution is 7.78. The quantitative estimate of drug-likeness (QED) is 0.293. The predicted octanol–water partition coefficient (Wildman–Crippen LogP) is 4.61. The van der Waals surface area contributed by atoms with Gasteiger partial charge in [0.05, 0.1) is 6.54 Å². The molecule has 2 aromatic heterocycles. The fourth-order valence-corrected chi connectivity index (χ4v) is 3.91. The van der Waals surface area contributed by atoms with Gasteiger partial charge in [0.15, 0.2) is 5.82 Å². The Morgan fingerprint density at radius 2 is 1.90 bits per heavy atom. The Hall–Kier alpha value is -3.52. The normalized spacial score (nSPS) is 11.9. The molecule has 1 N–H and O–H groups in total. The number of aromatic nitrogens is 7. The highest BCUT2D eigenvalue weighted by Gasteiger charge is 2.17. The average molecular weight is 430 g/mol. The Morgan fingerprint density at radius 3 is 2.61 bits per heavy atom. The van der Waals surface area contributed by atoms with E-state index in [1.165, 1.54) is 0 Å². The Labute approximate surface area is 186 Å². The van der Waals surface area contributed by atoms with Gasteiger partial charge in [0.2, 0.25) is 0 Å². The van der Waals surface area contributed by atoms with Gasteiger partial charge in [0.1, 0.15) is 12.2 Å². The number of allylic oxidation sites excluding steroid dienone is 1. The molecule has 7 nitrogen and oxygen atoms in total. The van der Waals surface area contributed by atoms with E-state index < -0.39 is 0 Å². The maximum atomic E-state index is 5.10. The fourth-order valence-electron chi connectivity index (χ4n) is 3.68. The van der Waals surface area contributed by atoms with Crippen LogP contribution < -0.4 is 0 Å². The SMILES string of the molecule is C=CCCC(CC=S)c1ncnn1Cc1ccc(-c2ccccc2-c2nnn[nH]2)cc1. The van der Waals surface area contributed by atoms with E-state index in [-0.39, 0.29) is 5.92 Å². The minimum Gasteiger partial charge on any atom is -0.245 e. The highest BCUT2D eigenvalue weighted by atomic mass is 32.1. The lowest BCUT2D eigenvalue weighted by Crippen LogP contribution is -2.12. The third kappa shape index (κ3) is 4.80. The smallest absolute Gasteiger partial charge is 0.180 e. The van der Waals surface area contributed by atoms with Crippen LogP contribution >= 0.6 is 12.2 Å². The summed E-state index contributed by atoms with van der Waals surface area (Å²) in [5, 5.41) is 20.5. The van der Waals surface area contributed by atoms with Crippen molar-refractivity contribution < 1.29 is 0 Å². The molecule has 2 aromatic carbocycles. The third-order valence-electron chi connectivity index (χ3n) is 5.24. The summed E-state index contributed by atoms with van der Waals surface area (Å²) < 4.78 is 1.97. The number of rotatable bonds is 10. The van der Waals surface area contributed by atoms with Crippen LogP contribution in [0, 0.1) is 0 Å². The monoisotopic (exact) mass is 429 g/mol. The van der Waals surface area contributed by atoms with Crippen molar-refractivity contribution in [3.05, 3.63) is 78.9 Å². The lowest BCUT2D eigenvalue weighted by molar-refractivity contribution is 0.550. The Balaban J connectivity index is 1.56. The Kier molecular flexibility index (Phi) is 6.68. The van der Waals surface area contributed by atoms with Gasteiger partial charge in [-0.25, -0.2) is 14.8 Å². The van der Waals surface area contributed by atoms with Crippen LogP contribution in [-0.2, 0) is 6.54 Å². The van der Waals surface area contributed by atoms with E-state index in [0.717, 1.165) is 47.3 Å². The van der Waals surface area contributed by atoms with Gasteiger partial charge in [-0.1, -0.05) is 66.8 Å². The second-order valence-electron chi connectivity index (χ2n) is 7.23. The molecule has 156 valence electrons. The van der Waals surface area contributed by atoms with Crippen molar-refractivity contribution >= 4 is 17.6 Å². The second-order valence-corrected chi connectivity index (χ2v) is 7.57. The van der Waals surface area contributed by atoms with Crippen LogP contribution in [0.15, 0.2) is 67.5 Å². The Morgan fingerprint density at radius 1 is 1.10 bits per heavy atom. The molecular weight excluding hydrogens is 406 g/mol. The summed E-state index contributed by atoms with van der Waals surface area (Å²) in [6.07, 6.45) is 6.24. The van der Waals surface area contributed by atoms with Crippen molar-refractivity contribution in [1.82, 2.24) is 35.4 Å². The number of H-pyrrole nitrogens is 1. The first kappa shape index (κ1) is 20.7. The molecule has 4 rings (SSSR count). The summed E-state index contributed by atoms with van der Waals surface area (Å²) in [5.74, 6) is 1.87. The molecule has 0 fully saturated rings. The lowest BCUT2D eigenvalue weighted by atomic mass is 9.98. The molecule has 0 radical (unpaired) electrons. The number of nitrogens with one attached hydrogen (secondary N) is 1. The maximum Gasteiger partial charge on any atom is 0.180 e. The van der Waals surface area contributed by atoms with Crippen molar-refractivity contribution in [2.24, 2.45) is 0 Å². The van der Waals surface area contributed by atoms with E-state index in [0.29, 0.717) is 12.4 Å². The average Bonchev–Trinajstić information content (AvgIpc) is 3.50. The number of hydrogen-bond acceptors (Lipinski definition) is 6. The Bertz CT molecular complexity index is 1130. The molecule has 0 aliphatic rings. The zero-order valence-corrected chi connectivity index (χ0v) is 17.9. The molecule has 0 bridgehead atoms. The topological polar surface area (TPSA) is 85.2 Å². The van der Waals surface area contributed by atoms with Crippen LogP contribution in [0.25, 0.3) is 22.5 Å². The predicted molar refractivity (Wildman–Crippen MR) is 125 cm³/mol. The molecule has 1 atom stereocenters. The molecule has 0 aliphatic heterocycles. The summed E-state index contributed by atoms with van der Waals surface area (Å²) >= 11 is 5.10. The van der Waals surface area contributed by atoms with E-state index in [4.69, 9.17) is 12.2 Å². The van der Waals surface area contributed by atoms with E-state index in [9.17, 15) is 0 Å². The summed E-state index contributed by atoms with van der Waals surface area (Å²) in [5.41, 5.74) is 4.28. The number of hydrogen-bond donors (Lipinski definition) is 1. The summed E-state index contributed by atoms with van der Waals surface area (Å²) in [6.45, 7) is 4.49. The van der Waals surface area contributed by atoms with Gasteiger partial charge in [0, 0.05) is 11.5 Å². The van der Waals surface area contributed by atoms with Crippen molar-refractivity contribution in [3.8, 4) is 22.5 Å². The first-order chi connectivity index (χ1) is 15.3. The molecule has 0 saturated heterocycles. The zero-order valence-electron chi connectivity index (χ0n) is 17.1. The first-order valence-corrected chi connectivity index (χ1v) is 10.6. The molecule has 0 spiro atoms. The largest absolute Gasteiger partial charge is 0.245 e. The van der Waals surface area contributed by atoms with Gasteiger partial charge in [0.25, 0.3) is 0 Å². The van der Waals surface area contributed by atoms with Gasteiger partial charge >= 0.3 is 0 Å². The van der Waals surface area contributed by atoms with Gasteiger partial charge < -0.3 is 0 Å². The summed E-state index contributed by atoms with van der Waals surface area (Å²) in [6, 6.07) is 16.5. The van der Waals surface area contributed by atoms with Crippen LogP contribution in [0.5, 0.6) is 0 Å². The highest BCUT2D eigenvalue weighted by Crippen LogP contribution is 2.30. The van der Waals surface area contributed by atoms with Gasteiger partial charge in [-0.3, -0.25) is 0 Å². The second kappa shape index (κ2) is 9.99. The first-order valence-electron chi connectivity index (χ1n) is 10.1. The molecule has 31 heavy (non-hydrogen) atoms. The van der Waals surface area contributed by atoms with E-state index in [1.807, 2.05) is 29.0 Å². The number of thiocarbonyl (C=S) groups is 1. The van der Waals surface area contributed by atoms with Gasteiger partial charge in [-0.2, -0.15) is 5.10 Å². The van der Waals surface area contributed by atoms with Gasteiger partial charge in [-0.05, 0) is 51.7 Å². The van der Waals surface area contributed by atoms with Crippen LogP contribution in [0.3, 0.4) is 0 Å². The van der Waals surface area contributed by atoms with Crippen LogP contribution in [-0.4, -0.2) is 40.8 Å². The number of tetrazole rings is 1. The zero-order chi connectivity index (χ0) is 21.5.